The smallest absolute Gasteiger partial charge is 0.170 e. The van der Waals surface area contributed by atoms with Crippen LogP contribution < -0.4 is 0 Å². The van der Waals surface area contributed by atoms with E-state index in [2.05, 4.69) is 30.7 Å². The number of aromatic nitrogens is 2. The van der Waals surface area contributed by atoms with Gasteiger partial charge in [0.1, 0.15) is 11.8 Å². The van der Waals surface area contributed by atoms with Crippen LogP contribution in [0.1, 0.15) is 32.3 Å². The lowest BCUT2D eigenvalue weighted by Crippen LogP contribution is -2.01. The van der Waals surface area contributed by atoms with Crippen molar-refractivity contribution in [2.45, 2.75) is 26.7 Å². The van der Waals surface area contributed by atoms with E-state index in [4.69, 9.17) is 4.42 Å². The van der Waals surface area contributed by atoms with Crippen molar-refractivity contribution < 1.29 is 4.42 Å². The molecule has 0 saturated heterocycles. The van der Waals surface area contributed by atoms with Crippen molar-refractivity contribution in [1.29, 1.82) is 0 Å². The van der Waals surface area contributed by atoms with Crippen LogP contribution in [0.5, 0.6) is 0 Å². The lowest BCUT2D eigenvalue weighted by atomic mass is 9.92. The summed E-state index contributed by atoms with van der Waals surface area (Å²) in [6.07, 6.45) is 5.07. The second-order valence-corrected chi connectivity index (χ2v) is 3.96. The van der Waals surface area contributed by atoms with Gasteiger partial charge in [0, 0.05) is 5.56 Å². The molecule has 0 bridgehead atoms. The molecule has 1 unspecified atom stereocenters. The van der Waals surface area contributed by atoms with Gasteiger partial charge in [-0.3, -0.25) is 0 Å². The molecule has 14 heavy (non-hydrogen) atoms. The molecular weight excluding hydrogens is 176 g/mol. The maximum atomic E-state index is 5.40. The molecule has 0 aliphatic heterocycles. The third-order valence-corrected chi connectivity index (χ3v) is 2.76. The first kappa shape index (κ1) is 9.19. The van der Waals surface area contributed by atoms with Crippen molar-refractivity contribution in [3.63, 3.8) is 0 Å². The van der Waals surface area contributed by atoms with E-state index in [1.807, 2.05) is 0 Å². The fraction of sp³-hybridized carbons (Fsp3) is 0.455. The summed E-state index contributed by atoms with van der Waals surface area (Å²) in [6.45, 7) is 6.59. The molecule has 3 heteroatoms. The lowest BCUT2D eigenvalue weighted by Gasteiger charge is -2.12. The zero-order valence-corrected chi connectivity index (χ0v) is 8.69. The van der Waals surface area contributed by atoms with Crippen LogP contribution in [0.2, 0.25) is 0 Å². The molecule has 0 N–H and O–H groups in total. The Morgan fingerprint density at radius 1 is 1.29 bits per heavy atom. The summed E-state index contributed by atoms with van der Waals surface area (Å²) in [5.41, 5.74) is 2.90. The monoisotopic (exact) mass is 190 g/mol. The fourth-order valence-electron chi connectivity index (χ4n) is 1.48. The highest BCUT2D eigenvalue weighted by atomic mass is 16.3. The third-order valence-electron chi connectivity index (χ3n) is 2.76. The molecule has 2 aromatic rings. The molecule has 0 saturated carbocycles. The van der Waals surface area contributed by atoms with E-state index < -0.39 is 0 Å². The predicted molar refractivity (Wildman–Crippen MR) is 55.1 cm³/mol. The predicted octanol–water partition coefficient (Wildman–Crippen LogP) is 2.98. The summed E-state index contributed by atoms with van der Waals surface area (Å²) >= 11 is 0. The molecule has 0 radical (unpaired) electrons. The van der Waals surface area contributed by atoms with Crippen LogP contribution in [0, 0.1) is 5.92 Å². The summed E-state index contributed by atoms with van der Waals surface area (Å²) in [6, 6.07) is 0. The van der Waals surface area contributed by atoms with Crippen LogP contribution in [0.3, 0.4) is 0 Å². The number of fused-ring (bicyclic) bond motifs is 1. The Bertz CT molecular complexity index is 434. The minimum absolute atomic E-state index is 0.464. The first-order chi connectivity index (χ1) is 6.70. The van der Waals surface area contributed by atoms with Crippen LogP contribution in [-0.4, -0.2) is 9.97 Å². The minimum Gasteiger partial charge on any atom is -0.461 e. The molecule has 2 rings (SSSR count). The van der Waals surface area contributed by atoms with Crippen molar-refractivity contribution in [1.82, 2.24) is 9.97 Å². The fourth-order valence-corrected chi connectivity index (χ4v) is 1.48. The normalized spacial score (nSPS) is 13.7. The summed E-state index contributed by atoms with van der Waals surface area (Å²) in [5.74, 6) is 1.05. The van der Waals surface area contributed by atoms with Crippen LogP contribution in [0.15, 0.2) is 23.2 Å². The van der Waals surface area contributed by atoms with Gasteiger partial charge in [0.15, 0.2) is 5.58 Å². The second kappa shape index (κ2) is 3.40. The molecule has 0 aliphatic carbocycles. The number of nitrogens with zero attached hydrogens (tertiary/aromatic N) is 2. The standard InChI is InChI=1S/C11H14N2O/c1-7(2)8(3)9-5-14-10-4-12-6-13-11(9)10/h4-8H,1-3H3. The molecular formula is C11H14N2O. The van der Waals surface area contributed by atoms with Gasteiger partial charge in [-0.25, -0.2) is 9.97 Å². The van der Waals surface area contributed by atoms with Crippen LogP contribution in [-0.2, 0) is 0 Å². The van der Waals surface area contributed by atoms with Crippen molar-refractivity contribution >= 4 is 11.1 Å². The Morgan fingerprint density at radius 3 is 2.79 bits per heavy atom. The van der Waals surface area contributed by atoms with Gasteiger partial charge in [-0.05, 0) is 11.8 Å². The lowest BCUT2D eigenvalue weighted by molar-refractivity contribution is 0.524. The molecule has 0 aromatic carbocycles. The maximum Gasteiger partial charge on any atom is 0.170 e. The van der Waals surface area contributed by atoms with Gasteiger partial charge in [0.05, 0.1) is 12.5 Å². The second-order valence-electron chi connectivity index (χ2n) is 3.96. The number of hydrogen-bond donors (Lipinski definition) is 0. The van der Waals surface area contributed by atoms with Gasteiger partial charge in [0.25, 0.3) is 0 Å². The number of furan rings is 1. The zero-order valence-electron chi connectivity index (χ0n) is 8.69. The van der Waals surface area contributed by atoms with E-state index >= 15 is 0 Å². The van der Waals surface area contributed by atoms with Crippen LogP contribution in [0.4, 0.5) is 0 Å². The molecule has 3 nitrogen and oxygen atoms in total. The van der Waals surface area contributed by atoms with E-state index in [1.54, 1.807) is 18.8 Å². The third kappa shape index (κ3) is 1.39. The van der Waals surface area contributed by atoms with E-state index in [1.165, 1.54) is 5.56 Å². The van der Waals surface area contributed by atoms with Crippen molar-refractivity contribution in [2.75, 3.05) is 0 Å². The largest absolute Gasteiger partial charge is 0.461 e. The molecule has 1 atom stereocenters. The van der Waals surface area contributed by atoms with E-state index in [0.717, 1.165) is 11.1 Å². The van der Waals surface area contributed by atoms with Crippen LogP contribution in [0.25, 0.3) is 11.1 Å². The van der Waals surface area contributed by atoms with E-state index in [-0.39, 0.29) is 0 Å². The quantitative estimate of drug-likeness (QED) is 0.730. The maximum absolute atomic E-state index is 5.40. The van der Waals surface area contributed by atoms with Crippen molar-refractivity contribution in [2.24, 2.45) is 5.92 Å². The molecule has 2 aromatic heterocycles. The SMILES string of the molecule is CC(C)C(C)c1coc2cncnc12. The first-order valence-corrected chi connectivity index (χ1v) is 4.87. The van der Waals surface area contributed by atoms with Gasteiger partial charge >= 0.3 is 0 Å². The average Bonchev–Trinajstić information content (AvgIpc) is 2.60. The van der Waals surface area contributed by atoms with Crippen molar-refractivity contribution in [3.8, 4) is 0 Å². The number of hydrogen-bond acceptors (Lipinski definition) is 3. The average molecular weight is 190 g/mol. The number of rotatable bonds is 2. The molecule has 0 fully saturated rings. The summed E-state index contributed by atoms with van der Waals surface area (Å²) in [5, 5.41) is 0. The van der Waals surface area contributed by atoms with Gasteiger partial charge in [-0.2, -0.15) is 0 Å². The molecule has 2 heterocycles. The highest BCUT2D eigenvalue weighted by Crippen LogP contribution is 2.29. The Labute approximate surface area is 83.2 Å². The highest BCUT2D eigenvalue weighted by Gasteiger charge is 2.16. The zero-order chi connectivity index (χ0) is 10.1. The van der Waals surface area contributed by atoms with Crippen LogP contribution >= 0.6 is 0 Å². The Balaban J connectivity index is 2.53. The molecule has 0 spiro atoms. The summed E-state index contributed by atoms with van der Waals surface area (Å²) < 4.78 is 5.40. The highest BCUT2D eigenvalue weighted by molar-refractivity contribution is 5.75. The van der Waals surface area contributed by atoms with Gasteiger partial charge in [-0.1, -0.05) is 20.8 Å². The first-order valence-electron chi connectivity index (χ1n) is 4.87. The molecule has 0 aliphatic rings. The Hall–Kier alpha value is -1.38. The van der Waals surface area contributed by atoms with E-state index in [9.17, 15) is 0 Å². The van der Waals surface area contributed by atoms with Gasteiger partial charge in [0.2, 0.25) is 0 Å². The van der Waals surface area contributed by atoms with Crippen molar-refractivity contribution in [3.05, 3.63) is 24.4 Å². The Morgan fingerprint density at radius 2 is 2.07 bits per heavy atom. The topological polar surface area (TPSA) is 38.9 Å². The van der Waals surface area contributed by atoms with E-state index in [0.29, 0.717) is 11.8 Å². The summed E-state index contributed by atoms with van der Waals surface area (Å²) in [4.78, 5) is 8.17. The molecule has 74 valence electrons. The Kier molecular flexibility index (Phi) is 2.23. The minimum atomic E-state index is 0.464. The van der Waals surface area contributed by atoms with Gasteiger partial charge in [-0.15, -0.1) is 0 Å². The van der Waals surface area contributed by atoms with Gasteiger partial charge < -0.3 is 4.42 Å². The summed E-state index contributed by atoms with van der Waals surface area (Å²) in [7, 11) is 0. The molecule has 0 amide bonds.